The van der Waals surface area contributed by atoms with Crippen LogP contribution in [0.5, 0.6) is 0 Å². The molecular weight excluding hydrogens is 154 g/mol. The van der Waals surface area contributed by atoms with Gasteiger partial charge in [0.05, 0.1) is 13.3 Å². The molecule has 4 nitrogen and oxygen atoms in total. The van der Waals surface area contributed by atoms with E-state index in [0.717, 1.165) is 13.0 Å². The second-order valence-electron chi connectivity index (χ2n) is 3.35. The summed E-state index contributed by atoms with van der Waals surface area (Å²) in [6.45, 7) is 2.34. The quantitative estimate of drug-likeness (QED) is 0.557. The highest BCUT2D eigenvalue weighted by Gasteiger charge is 2.02. The van der Waals surface area contributed by atoms with Crippen LogP contribution in [0.2, 0.25) is 0 Å². The fraction of sp³-hybridized carbons (Fsp3) is 1.00. The number of hydrogen-bond acceptors (Lipinski definition) is 3. The highest BCUT2D eigenvalue weighted by molar-refractivity contribution is 4.53. The van der Waals surface area contributed by atoms with Gasteiger partial charge in [0.25, 0.3) is 0 Å². The minimum atomic E-state index is 0.583. The number of nitrogens with zero attached hydrogens (tertiary/aromatic N) is 2. The molecular formula is C8H18N3O-. The molecule has 0 bridgehead atoms. The summed E-state index contributed by atoms with van der Waals surface area (Å²) >= 11 is 0. The average Bonchev–Trinajstić information content (AvgIpc) is 2.02. The van der Waals surface area contributed by atoms with E-state index in [1.807, 2.05) is 7.05 Å². The van der Waals surface area contributed by atoms with E-state index >= 15 is 0 Å². The molecule has 12 heavy (non-hydrogen) atoms. The summed E-state index contributed by atoms with van der Waals surface area (Å²) < 4.78 is 0. The van der Waals surface area contributed by atoms with Crippen molar-refractivity contribution >= 4 is 0 Å². The Morgan fingerprint density at radius 3 is 2.75 bits per heavy atom. The fourth-order valence-electron chi connectivity index (χ4n) is 1.34. The van der Waals surface area contributed by atoms with Gasteiger partial charge in [0.15, 0.2) is 0 Å². The third-order valence-electron chi connectivity index (χ3n) is 2.05. The zero-order valence-corrected chi connectivity index (χ0v) is 7.75. The topological polar surface area (TPSA) is 39.5 Å². The molecule has 0 radical (unpaired) electrons. The molecule has 1 rings (SSSR count). The molecule has 0 aromatic heterocycles. The molecule has 0 atom stereocenters. The second-order valence-corrected chi connectivity index (χ2v) is 3.35. The molecule has 1 fully saturated rings. The van der Waals surface area contributed by atoms with Gasteiger partial charge in [-0.25, -0.2) is 0 Å². The van der Waals surface area contributed by atoms with Crippen LogP contribution < -0.4 is 0 Å². The largest absolute Gasteiger partial charge is 0.583 e. The van der Waals surface area contributed by atoms with Crippen molar-refractivity contribution in [1.29, 1.82) is 0 Å². The minimum Gasteiger partial charge on any atom is -0.583 e. The van der Waals surface area contributed by atoms with Crippen LogP contribution in [0.15, 0.2) is 0 Å². The van der Waals surface area contributed by atoms with Crippen LogP contribution >= 0.6 is 0 Å². The third kappa shape index (κ3) is 4.01. The zero-order chi connectivity index (χ0) is 8.81. The summed E-state index contributed by atoms with van der Waals surface area (Å²) in [4.78, 5) is 7.26. The van der Waals surface area contributed by atoms with Crippen LogP contribution in [0.3, 0.4) is 0 Å². The molecule has 1 aliphatic heterocycles. The van der Waals surface area contributed by atoms with Crippen LogP contribution in [-0.4, -0.2) is 36.9 Å². The van der Waals surface area contributed by atoms with Crippen LogP contribution in [0.4, 0.5) is 0 Å². The lowest BCUT2D eigenvalue weighted by Gasteiger charge is -2.31. The van der Waals surface area contributed by atoms with Gasteiger partial charge < -0.3 is 10.7 Å². The van der Waals surface area contributed by atoms with E-state index in [0.29, 0.717) is 13.3 Å². The summed E-state index contributed by atoms with van der Waals surface area (Å²) in [5.41, 5.74) is 0. The molecule has 0 amide bonds. The zero-order valence-electron chi connectivity index (χ0n) is 7.75. The predicted octanol–water partition coefficient (Wildman–Crippen LogP) is 1.65. The van der Waals surface area contributed by atoms with Crippen molar-refractivity contribution in [3.8, 4) is 0 Å². The highest BCUT2D eigenvalue weighted by Crippen LogP contribution is 2.05. The van der Waals surface area contributed by atoms with Crippen molar-refractivity contribution in [1.82, 2.24) is 10.1 Å². The smallest absolute Gasteiger partial charge is 0.0666 e. The third-order valence-corrected chi connectivity index (χ3v) is 2.05. The Morgan fingerprint density at radius 1 is 1.17 bits per heavy atom. The van der Waals surface area contributed by atoms with Gasteiger partial charge in [0, 0.05) is 0 Å². The van der Waals surface area contributed by atoms with Crippen molar-refractivity contribution < 1.29 is 4.84 Å². The Labute approximate surface area is 74.2 Å². The molecule has 4 heteroatoms. The maximum Gasteiger partial charge on any atom is 0.0666 e. The summed E-state index contributed by atoms with van der Waals surface area (Å²) in [7, 11) is 2.02. The van der Waals surface area contributed by atoms with Gasteiger partial charge in [-0.15, -0.1) is 0 Å². The monoisotopic (exact) mass is 172 g/mol. The molecule has 0 unspecified atom stereocenters. The average molecular weight is 172 g/mol. The van der Waals surface area contributed by atoms with Crippen molar-refractivity contribution in [2.45, 2.75) is 25.7 Å². The lowest BCUT2D eigenvalue weighted by molar-refractivity contribution is -0.146. The van der Waals surface area contributed by atoms with Crippen molar-refractivity contribution in [2.75, 3.05) is 26.9 Å². The molecule has 1 N–H and O–H groups in total. The number of rotatable bonds is 0. The lowest BCUT2D eigenvalue weighted by atomic mass is 10.2. The Kier molecular flexibility index (Phi) is 4.53. The standard InChI is InChI=1S/C8H18N3O/c1-10-6-4-2-3-5-7-12-11(9)8-10/h9H,2-8H2,1H3/q-1. The van der Waals surface area contributed by atoms with E-state index < -0.39 is 0 Å². The first kappa shape index (κ1) is 9.92. The van der Waals surface area contributed by atoms with Gasteiger partial charge >= 0.3 is 0 Å². The normalized spacial score (nSPS) is 25.5. The predicted molar refractivity (Wildman–Crippen MR) is 48.1 cm³/mol. The van der Waals surface area contributed by atoms with Gasteiger partial charge in [-0.3, -0.25) is 10.1 Å². The second kappa shape index (κ2) is 5.48. The number of hydrogen-bond donors (Lipinski definition) is 0. The first-order valence-corrected chi connectivity index (χ1v) is 4.59. The van der Waals surface area contributed by atoms with E-state index in [-0.39, 0.29) is 0 Å². The van der Waals surface area contributed by atoms with E-state index in [2.05, 4.69) is 4.90 Å². The molecule has 0 spiro atoms. The van der Waals surface area contributed by atoms with E-state index in [4.69, 9.17) is 10.7 Å². The molecule has 0 aromatic rings. The molecule has 72 valence electrons. The van der Waals surface area contributed by atoms with Crippen LogP contribution in [0, 0.1) is 0 Å². The van der Waals surface area contributed by atoms with Gasteiger partial charge in [0.1, 0.15) is 0 Å². The summed E-state index contributed by atoms with van der Waals surface area (Å²) in [6, 6.07) is 0. The first-order valence-electron chi connectivity index (χ1n) is 4.59. The molecule has 1 saturated heterocycles. The molecule has 1 aliphatic rings. The number of nitrogens with one attached hydrogen (secondary N) is 1. The maximum atomic E-state index is 7.38. The fourth-order valence-corrected chi connectivity index (χ4v) is 1.34. The van der Waals surface area contributed by atoms with Crippen molar-refractivity contribution in [3.63, 3.8) is 0 Å². The highest BCUT2D eigenvalue weighted by atomic mass is 16.7. The summed E-state index contributed by atoms with van der Waals surface area (Å²) in [5.74, 6) is 7.38. The van der Waals surface area contributed by atoms with Crippen molar-refractivity contribution in [3.05, 3.63) is 5.84 Å². The maximum absolute atomic E-state index is 7.38. The van der Waals surface area contributed by atoms with E-state index in [1.165, 1.54) is 24.4 Å². The van der Waals surface area contributed by atoms with Gasteiger partial charge in [0.2, 0.25) is 0 Å². The van der Waals surface area contributed by atoms with E-state index in [1.54, 1.807) is 0 Å². The number of hydroxylamine groups is 1. The Hall–Kier alpha value is -0.160. The van der Waals surface area contributed by atoms with Gasteiger partial charge in [-0.1, -0.05) is 12.8 Å². The Bertz CT molecular complexity index is 109. The van der Waals surface area contributed by atoms with Crippen molar-refractivity contribution in [2.24, 2.45) is 0 Å². The molecule has 0 aliphatic carbocycles. The molecule has 1 heterocycles. The van der Waals surface area contributed by atoms with Gasteiger partial charge in [-0.2, -0.15) is 0 Å². The minimum absolute atomic E-state index is 0.583. The first-order chi connectivity index (χ1) is 5.79. The van der Waals surface area contributed by atoms with Crippen LogP contribution in [0.1, 0.15) is 25.7 Å². The van der Waals surface area contributed by atoms with E-state index in [9.17, 15) is 0 Å². The van der Waals surface area contributed by atoms with Crippen LogP contribution in [-0.2, 0) is 4.84 Å². The SMILES string of the molecule is CN1CCCCCCON([NH-])C1. The summed E-state index contributed by atoms with van der Waals surface area (Å²) in [6.07, 6.45) is 4.83. The molecule has 0 aromatic carbocycles. The lowest BCUT2D eigenvalue weighted by Crippen LogP contribution is -2.32. The molecule has 0 saturated carbocycles. The Balaban J connectivity index is 2.24. The van der Waals surface area contributed by atoms with Crippen LogP contribution in [0.25, 0.3) is 5.84 Å². The summed E-state index contributed by atoms with van der Waals surface area (Å²) in [5, 5.41) is 1.17. The van der Waals surface area contributed by atoms with Gasteiger partial charge in [-0.05, 0) is 26.4 Å². The Morgan fingerprint density at radius 2 is 1.92 bits per heavy atom.